The van der Waals surface area contributed by atoms with Crippen LogP contribution in [0, 0.1) is 0 Å². The molecule has 2 N–H and O–H groups in total. The van der Waals surface area contributed by atoms with Crippen LogP contribution in [0.15, 0.2) is 22.1 Å². The maximum absolute atomic E-state index is 4.14. The number of aromatic amines is 1. The van der Waals surface area contributed by atoms with E-state index in [9.17, 15) is 0 Å². The van der Waals surface area contributed by atoms with Gasteiger partial charge in [0.25, 0.3) is 0 Å². The Labute approximate surface area is 106 Å². The molecule has 3 rings (SSSR count). The van der Waals surface area contributed by atoms with Crippen LogP contribution in [0.1, 0.15) is 18.4 Å². The highest BCUT2D eigenvalue weighted by Gasteiger charge is 2.21. The van der Waals surface area contributed by atoms with Crippen molar-refractivity contribution in [1.29, 1.82) is 0 Å². The average Bonchev–Trinajstić information content (AvgIpc) is 2.83. The lowest BCUT2D eigenvalue weighted by Gasteiger charge is -2.03. The van der Waals surface area contributed by atoms with Crippen molar-refractivity contribution in [3.63, 3.8) is 0 Å². The Kier molecular flexibility index (Phi) is 2.83. The van der Waals surface area contributed by atoms with Gasteiger partial charge in [-0.25, -0.2) is 0 Å². The van der Waals surface area contributed by atoms with Crippen LogP contribution in [0.4, 0.5) is 0 Å². The monoisotopic (exact) mass is 297 g/mol. The minimum Gasteiger partial charge on any atom is -0.310 e. The SMILES string of the molecule is Brc1ccsc1-c1[nH]ncc1CNC1CC1. The summed E-state index contributed by atoms with van der Waals surface area (Å²) in [5.41, 5.74) is 2.38. The van der Waals surface area contributed by atoms with Gasteiger partial charge in [0.15, 0.2) is 0 Å². The number of halogens is 1. The largest absolute Gasteiger partial charge is 0.310 e. The van der Waals surface area contributed by atoms with E-state index >= 15 is 0 Å². The molecular weight excluding hydrogens is 286 g/mol. The lowest BCUT2D eigenvalue weighted by atomic mass is 10.2. The van der Waals surface area contributed by atoms with Gasteiger partial charge in [-0.05, 0) is 40.2 Å². The Hall–Kier alpha value is -0.650. The molecule has 3 nitrogen and oxygen atoms in total. The number of H-pyrrole nitrogens is 1. The Morgan fingerprint density at radius 2 is 2.44 bits per heavy atom. The Balaban J connectivity index is 1.83. The molecule has 1 aliphatic carbocycles. The predicted octanol–water partition coefficient (Wildman–Crippen LogP) is 3.15. The molecular formula is C11H12BrN3S. The summed E-state index contributed by atoms with van der Waals surface area (Å²) >= 11 is 5.28. The van der Waals surface area contributed by atoms with Crippen LogP contribution in [0.2, 0.25) is 0 Å². The van der Waals surface area contributed by atoms with Gasteiger partial charge >= 0.3 is 0 Å². The van der Waals surface area contributed by atoms with Crippen molar-refractivity contribution in [2.75, 3.05) is 0 Å². The van der Waals surface area contributed by atoms with Crippen LogP contribution in [-0.2, 0) is 6.54 Å². The van der Waals surface area contributed by atoms with Gasteiger partial charge in [-0.15, -0.1) is 11.3 Å². The van der Waals surface area contributed by atoms with Gasteiger partial charge in [-0.2, -0.15) is 5.10 Å². The summed E-state index contributed by atoms with van der Waals surface area (Å²) in [5, 5.41) is 12.8. The number of hydrogen-bond donors (Lipinski definition) is 2. The summed E-state index contributed by atoms with van der Waals surface area (Å²) in [6.07, 6.45) is 4.54. The molecule has 0 aromatic carbocycles. The van der Waals surface area contributed by atoms with Crippen molar-refractivity contribution in [1.82, 2.24) is 15.5 Å². The third-order valence-electron chi connectivity index (χ3n) is 2.72. The van der Waals surface area contributed by atoms with Crippen LogP contribution in [0.5, 0.6) is 0 Å². The predicted molar refractivity (Wildman–Crippen MR) is 69.5 cm³/mol. The molecule has 0 radical (unpaired) electrons. The van der Waals surface area contributed by atoms with E-state index in [-0.39, 0.29) is 0 Å². The molecule has 1 saturated carbocycles. The molecule has 0 saturated heterocycles. The molecule has 1 aliphatic rings. The molecule has 0 atom stereocenters. The molecule has 0 aliphatic heterocycles. The zero-order valence-corrected chi connectivity index (χ0v) is 11.1. The van der Waals surface area contributed by atoms with Crippen LogP contribution < -0.4 is 5.32 Å². The third kappa shape index (κ3) is 2.07. The molecule has 1 fully saturated rings. The quantitative estimate of drug-likeness (QED) is 0.910. The zero-order valence-electron chi connectivity index (χ0n) is 8.66. The fourth-order valence-corrected chi connectivity index (χ4v) is 3.26. The number of rotatable bonds is 4. The topological polar surface area (TPSA) is 40.7 Å². The Morgan fingerprint density at radius 3 is 3.12 bits per heavy atom. The van der Waals surface area contributed by atoms with Crippen LogP contribution in [-0.4, -0.2) is 16.2 Å². The smallest absolute Gasteiger partial charge is 0.0806 e. The van der Waals surface area contributed by atoms with Crippen LogP contribution >= 0.6 is 27.3 Å². The summed E-state index contributed by atoms with van der Waals surface area (Å²) in [6, 6.07) is 2.80. The molecule has 2 heterocycles. The molecule has 84 valence electrons. The van der Waals surface area contributed by atoms with Crippen molar-refractivity contribution in [3.8, 4) is 10.6 Å². The maximum Gasteiger partial charge on any atom is 0.0806 e. The van der Waals surface area contributed by atoms with Crippen molar-refractivity contribution in [3.05, 3.63) is 27.7 Å². The van der Waals surface area contributed by atoms with Gasteiger partial charge in [-0.1, -0.05) is 0 Å². The van der Waals surface area contributed by atoms with Crippen molar-refractivity contribution in [2.24, 2.45) is 0 Å². The lowest BCUT2D eigenvalue weighted by molar-refractivity contribution is 0.689. The number of hydrogen-bond acceptors (Lipinski definition) is 3. The first-order chi connectivity index (χ1) is 7.84. The third-order valence-corrected chi connectivity index (χ3v) is 4.58. The van der Waals surface area contributed by atoms with E-state index in [0.29, 0.717) is 0 Å². The Morgan fingerprint density at radius 1 is 1.56 bits per heavy atom. The molecule has 0 bridgehead atoms. The molecule has 5 heteroatoms. The van der Waals surface area contributed by atoms with Crippen LogP contribution in [0.25, 0.3) is 10.6 Å². The fourth-order valence-electron chi connectivity index (χ4n) is 1.66. The average molecular weight is 298 g/mol. The summed E-state index contributed by atoms with van der Waals surface area (Å²) in [7, 11) is 0. The van der Waals surface area contributed by atoms with Crippen molar-refractivity contribution in [2.45, 2.75) is 25.4 Å². The van der Waals surface area contributed by atoms with E-state index < -0.39 is 0 Å². The van der Waals surface area contributed by atoms with E-state index in [1.165, 1.54) is 23.3 Å². The number of nitrogens with zero attached hydrogens (tertiary/aromatic N) is 1. The molecule has 0 spiro atoms. The second-order valence-electron chi connectivity index (χ2n) is 4.02. The van der Waals surface area contributed by atoms with Crippen molar-refractivity contribution < 1.29 is 0 Å². The molecule has 0 amide bonds. The van der Waals surface area contributed by atoms with Gasteiger partial charge in [0, 0.05) is 22.6 Å². The number of thiophene rings is 1. The summed E-state index contributed by atoms with van der Waals surface area (Å²) in [6.45, 7) is 0.904. The summed E-state index contributed by atoms with van der Waals surface area (Å²) < 4.78 is 1.13. The molecule has 2 aromatic rings. The van der Waals surface area contributed by atoms with Crippen molar-refractivity contribution >= 4 is 27.3 Å². The van der Waals surface area contributed by atoms with E-state index in [1.807, 2.05) is 6.20 Å². The van der Waals surface area contributed by atoms with Gasteiger partial charge in [0.1, 0.15) is 0 Å². The first-order valence-electron chi connectivity index (χ1n) is 5.33. The maximum atomic E-state index is 4.14. The summed E-state index contributed by atoms with van der Waals surface area (Å²) in [4.78, 5) is 1.23. The van der Waals surface area contributed by atoms with Gasteiger partial charge in [0.2, 0.25) is 0 Å². The molecule has 16 heavy (non-hydrogen) atoms. The standard InChI is InChI=1S/C11H12BrN3S/c12-9-3-4-16-11(9)10-7(6-14-15-10)5-13-8-1-2-8/h3-4,6,8,13H,1-2,5H2,(H,14,15). The van der Waals surface area contributed by atoms with Gasteiger partial charge < -0.3 is 5.32 Å². The second-order valence-corrected chi connectivity index (χ2v) is 5.79. The number of nitrogens with one attached hydrogen (secondary N) is 2. The fraction of sp³-hybridized carbons (Fsp3) is 0.364. The normalized spacial score (nSPS) is 15.6. The molecule has 2 aromatic heterocycles. The van der Waals surface area contributed by atoms with E-state index in [2.05, 4.69) is 42.9 Å². The first kappa shape index (κ1) is 10.5. The lowest BCUT2D eigenvalue weighted by Crippen LogP contribution is -2.15. The van der Waals surface area contributed by atoms with E-state index in [1.54, 1.807) is 11.3 Å². The van der Waals surface area contributed by atoms with Gasteiger partial charge in [0.05, 0.1) is 16.8 Å². The Bertz CT molecular complexity index is 487. The van der Waals surface area contributed by atoms with E-state index in [0.717, 1.165) is 22.8 Å². The minimum absolute atomic E-state index is 0.731. The highest BCUT2D eigenvalue weighted by Crippen LogP contribution is 2.34. The zero-order chi connectivity index (χ0) is 11.0. The first-order valence-corrected chi connectivity index (χ1v) is 7.01. The summed E-state index contributed by atoms with van der Waals surface area (Å²) in [5.74, 6) is 0. The number of aromatic nitrogens is 2. The molecule has 0 unspecified atom stereocenters. The second kappa shape index (κ2) is 4.31. The minimum atomic E-state index is 0.731. The highest BCUT2D eigenvalue weighted by molar-refractivity contribution is 9.10. The highest BCUT2D eigenvalue weighted by atomic mass is 79.9. The van der Waals surface area contributed by atoms with Crippen LogP contribution in [0.3, 0.4) is 0 Å². The van der Waals surface area contributed by atoms with Gasteiger partial charge in [-0.3, -0.25) is 5.10 Å². The van der Waals surface area contributed by atoms with E-state index in [4.69, 9.17) is 0 Å².